The second-order valence-electron chi connectivity index (χ2n) is 6.97. The van der Waals surface area contributed by atoms with Gasteiger partial charge in [0.05, 0.1) is 11.4 Å². The molecular weight excluding hydrogens is 444 g/mol. The summed E-state index contributed by atoms with van der Waals surface area (Å²) in [7, 11) is 0. The first-order valence-electron chi connectivity index (χ1n) is 9.82. The van der Waals surface area contributed by atoms with E-state index in [0.717, 1.165) is 33.4 Å². The van der Waals surface area contributed by atoms with Gasteiger partial charge in [0.25, 0.3) is 0 Å². The molecule has 0 aliphatic heterocycles. The zero-order valence-electron chi connectivity index (χ0n) is 17.0. The average Bonchev–Trinajstić information content (AvgIpc) is 3.46. The molecule has 0 fully saturated rings. The van der Waals surface area contributed by atoms with E-state index >= 15 is 0 Å². The molecule has 3 aromatic heterocycles. The summed E-state index contributed by atoms with van der Waals surface area (Å²) in [5, 5.41) is 14.4. The molecule has 0 atom stereocenters. The van der Waals surface area contributed by atoms with Gasteiger partial charge in [-0.25, -0.2) is 0 Å². The van der Waals surface area contributed by atoms with Crippen molar-refractivity contribution in [3.05, 3.63) is 89.5 Å². The van der Waals surface area contributed by atoms with Gasteiger partial charge in [-0.05, 0) is 55.0 Å². The minimum absolute atomic E-state index is 0.459. The Bertz CT molecular complexity index is 1350. The standard InChI is InChI=1S/C23H17ClN6OS/c1-15-4-2-3-5-19(15)30-22(17-10-12-25-13-11-17)27-28-23(30)32-14-20-26-21(29-31-20)16-6-8-18(24)9-7-16/h2-13H,14H2,1H3. The van der Waals surface area contributed by atoms with Crippen LogP contribution in [0.3, 0.4) is 0 Å². The van der Waals surface area contributed by atoms with E-state index in [1.165, 1.54) is 11.8 Å². The van der Waals surface area contributed by atoms with E-state index in [-0.39, 0.29) is 0 Å². The number of aryl methyl sites for hydroxylation is 1. The highest BCUT2D eigenvalue weighted by atomic mass is 35.5. The highest BCUT2D eigenvalue weighted by molar-refractivity contribution is 7.98. The normalized spacial score (nSPS) is 11.1. The minimum Gasteiger partial charge on any atom is -0.338 e. The number of hydrogen-bond donors (Lipinski definition) is 0. The number of aromatic nitrogens is 6. The summed E-state index contributed by atoms with van der Waals surface area (Å²) in [5.74, 6) is 2.23. The van der Waals surface area contributed by atoms with E-state index in [2.05, 4.69) is 44.4 Å². The van der Waals surface area contributed by atoms with E-state index in [4.69, 9.17) is 16.1 Å². The maximum Gasteiger partial charge on any atom is 0.237 e. The molecule has 5 rings (SSSR count). The summed E-state index contributed by atoms with van der Waals surface area (Å²) in [4.78, 5) is 8.61. The number of rotatable bonds is 6. The maximum atomic E-state index is 5.96. The van der Waals surface area contributed by atoms with Crippen LogP contribution >= 0.6 is 23.4 Å². The Balaban J connectivity index is 1.45. The Hall–Kier alpha value is -3.49. The summed E-state index contributed by atoms with van der Waals surface area (Å²) in [6, 6.07) is 19.3. The fraction of sp³-hybridized carbons (Fsp3) is 0.0870. The number of halogens is 1. The van der Waals surface area contributed by atoms with Gasteiger partial charge < -0.3 is 4.52 Å². The number of nitrogens with zero attached hydrogens (tertiary/aromatic N) is 6. The van der Waals surface area contributed by atoms with Gasteiger partial charge >= 0.3 is 0 Å². The number of benzene rings is 2. The fourth-order valence-electron chi connectivity index (χ4n) is 3.24. The van der Waals surface area contributed by atoms with Gasteiger partial charge in [0, 0.05) is 28.5 Å². The molecule has 0 saturated heterocycles. The molecule has 0 unspecified atom stereocenters. The van der Waals surface area contributed by atoms with Crippen LogP contribution in [0.25, 0.3) is 28.5 Å². The molecule has 9 heteroatoms. The van der Waals surface area contributed by atoms with Gasteiger partial charge in [-0.2, -0.15) is 4.98 Å². The lowest BCUT2D eigenvalue weighted by Gasteiger charge is -2.12. The lowest BCUT2D eigenvalue weighted by atomic mass is 10.2. The third-order valence-electron chi connectivity index (χ3n) is 4.82. The van der Waals surface area contributed by atoms with Gasteiger partial charge in [-0.15, -0.1) is 10.2 Å². The lowest BCUT2D eigenvalue weighted by molar-refractivity contribution is 0.391. The van der Waals surface area contributed by atoms with Crippen LogP contribution < -0.4 is 0 Å². The van der Waals surface area contributed by atoms with Gasteiger partial charge in [0.15, 0.2) is 11.0 Å². The van der Waals surface area contributed by atoms with Gasteiger partial charge in [0.2, 0.25) is 11.7 Å². The second kappa shape index (κ2) is 8.94. The maximum absolute atomic E-state index is 5.96. The smallest absolute Gasteiger partial charge is 0.237 e. The molecular formula is C23H17ClN6OS. The van der Waals surface area contributed by atoms with Gasteiger partial charge in [0.1, 0.15) is 0 Å². The van der Waals surface area contributed by atoms with Crippen molar-refractivity contribution < 1.29 is 4.52 Å². The molecule has 32 heavy (non-hydrogen) atoms. The Labute approximate surface area is 193 Å². The summed E-state index contributed by atoms with van der Waals surface area (Å²) >= 11 is 7.44. The third kappa shape index (κ3) is 4.15. The zero-order chi connectivity index (χ0) is 21.9. The van der Waals surface area contributed by atoms with Crippen LogP contribution in [0.1, 0.15) is 11.5 Å². The van der Waals surface area contributed by atoms with Crippen LogP contribution in [0.5, 0.6) is 0 Å². The first kappa shape index (κ1) is 20.4. The molecule has 0 aliphatic rings. The lowest BCUT2D eigenvalue weighted by Crippen LogP contribution is -2.02. The molecule has 7 nitrogen and oxygen atoms in total. The van der Waals surface area contributed by atoms with E-state index in [0.29, 0.717) is 22.5 Å². The molecule has 0 spiro atoms. The van der Waals surface area contributed by atoms with Crippen molar-refractivity contribution >= 4 is 23.4 Å². The number of hydrogen-bond acceptors (Lipinski definition) is 7. The minimum atomic E-state index is 0.459. The molecule has 0 aliphatic carbocycles. The monoisotopic (exact) mass is 460 g/mol. The van der Waals surface area contributed by atoms with E-state index in [1.54, 1.807) is 24.5 Å². The number of pyridine rings is 1. The van der Waals surface area contributed by atoms with Crippen molar-refractivity contribution in [1.29, 1.82) is 0 Å². The Morgan fingerprint density at radius 2 is 1.72 bits per heavy atom. The molecule has 3 heterocycles. The predicted octanol–water partition coefficient (Wildman–Crippen LogP) is 5.63. The average molecular weight is 461 g/mol. The van der Waals surface area contributed by atoms with Crippen molar-refractivity contribution in [2.75, 3.05) is 0 Å². The van der Waals surface area contributed by atoms with Gasteiger partial charge in [-0.1, -0.05) is 46.7 Å². The second-order valence-corrected chi connectivity index (χ2v) is 8.35. The first-order valence-corrected chi connectivity index (χ1v) is 11.2. The van der Waals surface area contributed by atoms with Crippen molar-refractivity contribution in [2.24, 2.45) is 0 Å². The molecule has 0 bridgehead atoms. The molecule has 0 saturated carbocycles. The Morgan fingerprint density at radius 3 is 2.50 bits per heavy atom. The SMILES string of the molecule is Cc1ccccc1-n1c(SCc2nc(-c3ccc(Cl)cc3)no2)nnc1-c1ccncc1. The predicted molar refractivity (Wildman–Crippen MR) is 124 cm³/mol. The topological polar surface area (TPSA) is 82.5 Å². The largest absolute Gasteiger partial charge is 0.338 e. The van der Waals surface area contributed by atoms with E-state index in [1.807, 2.05) is 41.0 Å². The zero-order valence-corrected chi connectivity index (χ0v) is 18.6. The van der Waals surface area contributed by atoms with Crippen molar-refractivity contribution in [2.45, 2.75) is 17.8 Å². The third-order valence-corrected chi connectivity index (χ3v) is 5.99. The quantitative estimate of drug-likeness (QED) is 0.303. The highest BCUT2D eigenvalue weighted by Crippen LogP contribution is 2.31. The fourth-order valence-corrected chi connectivity index (χ4v) is 4.15. The van der Waals surface area contributed by atoms with Crippen LogP contribution in [0, 0.1) is 6.92 Å². The van der Waals surface area contributed by atoms with Crippen LogP contribution in [-0.4, -0.2) is 29.9 Å². The molecule has 0 amide bonds. The molecule has 158 valence electrons. The first-order chi connectivity index (χ1) is 15.7. The van der Waals surface area contributed by atoms with E-state index in [9.17, 15) is 0 Å². The van der Waals surface area contributed by atoms with Crippen LogP contribution in [0.2, 0.25) is 5.02 Å². The van der Waals surface area contributed by atoms with Gasteiger partial charge in [-0.3, -0.25) is 9.55 Å². The van der Waals surface area contributed by atoms with Crippen molar-refractivity contribution in [3.8, 4) is 28.5 Å². The summed E-state index contributed by atoms with van der Waals surface area (Å²) in [6.07, 6.45) is 3.49. The number of para-hydroxylation sites is 1. The Morgan fingerprint density at radius 1 is 0.938 bits per heavy atom. The number of thioether (sulfide) groups is 1. The summed E-state index contributed by atoms with van der Waals surface area (Å²) < 4.78 is 7.50. The molecule has 0 radical (unpaired) electrons. The molecule has 5 aromatic rings. The summed E-state index contributed by atoms with van der Waals surface area (Å²) in [6.45, 7) is 2.07. The highest BCUT2D eigenvalue weighted by Gasteiger charge is 2.19. The van der Waals surface area contributed by atoms with Crippen LogP contribution in [0.4, 0.5) is 0 Å². The van der Waals surface area contributed by atoms with Crippen molar-refractivity contribution in [1.82, 2.24) is 29.9 Å². The Kier molecular flexibility index (Phi) is 5.70. The van der Waals surface area contributed by atoms with Crippen LogP contribution in [-0.2, 0) is 5.75 Å². The van der Waals surface area contributed by atoms with E-state index < -0.39 is 0 Å². The molecule has 0 N–H and O–H groups in total. The van der Waals surface area contributed by atoms with Crippen molar-refractivity contribution in [3.63, 3.8) is 0 Å². The molecule has 2 aromatic carbocycles. The van der Waals surface area contributed by atoms with Crippen LogP contribution in [0.15, 0.2) is 82.7 Å². The summed E-state index contributed by atoms with van der Waals surface area (Å²) in [5.41, 5.74) is 3.91.